The number of alkyl halides is 3. The Labute approximate surface area is 95.2 Å². The SMILES string of the molecule is NC(Cc1ccc(Cl)cc1F)CC(F)(F)F. The zero-order chi connectivity index (χ0) is 12.3. The van der Waals surface area contributed by atoms with Crippen molar-refractivity contribution in [1.82, 2.24) is 0 Å². The van der Waals surface area contributed by atoms with Gasteiger partial charge in [-0.2, -0.15) is 13.2 Å². The molecule has 0 aromatic heterocycles. The minimum absolute atomic E-state index is 0.140. The molecule has 0 fully saturated rings. The fourth-order valence-electron chi connectivity index (χ4n) is 1.34. The second-order valence-electron chi connectivity index (χ2n) is 3.52. The molecule has 0 aliphatic heterocycles. The van der Waals surface area contributed by atoms with E-state index in [1.165, 1.54) is 12.1 Å². The number of benzene rings is 1. The lowest BCUT2D eigenvalue weighted by molar-refractivity contribution is -0.138. The topological polar surface area (TPSA) is 26.0 Å². The van der Waals surface area contributed by atoms with Crippen LogP contribution in [0.5, 0.6) is 0 Å². The van der Waals surface area contributed by atoms with Crippen LogP contribution in [0, 0.1) is 5.82 Å². The molecule has 0 aliphatic rings. The van der Waals surface area contributed by atoms with E-state index in [4.69, 9.17) is 17.3 Å². The summed E-state index contributed by atoms with van der Waals surface area (Å²) in [5.74, 6) is -0.634. The summed E-state index contributed by atoms with van der Waals surface area (Å²) in [6.07, 6.45) is -5.63. The summed E-state index contributed by atoms with van der Waals surface area (Å²) >= 11 is 5.51. The first kappa shape index (κ1) is 13.3. The van der Waals surface area contributed by atoms with Crippen LogP contribution in [0.15, 0.2) is 18.2 Å². The van der Waals surface area contributed by atoms with Gasteiger partial charge in [-0.1, -0.05) is 17.7 Å². The highest BCUT2D eigenvalue weighted by Crippen LogP contribution is 2.23. The van der Waals surface area contributed by atoms with E-state index >= 15 is 0 Å². The van der Waals surface area contributed by atoms with E-state index in [0.29, 0.717) is 0 Å². The van der Waals surface area contributed by atoms with Crippen LogP contribution in [0.1, 0.15) is 12.0 Å². The van der Waals surface area contributed by atoms with E-state index in [1.807, 2.05) is 0 Å². The van der Waals surface area contributed by atoms with Crippen molar-refractivity contribution in [2.75, 3.05) is 0 Å². The number of hydrogen-bond donors (Lipinski definition) is 1. The summed E-state index contributed by atoms with van der Waals surface area (Å²) < 4.78 is 49.2. The van der Waals surface area contributed by atoms with E-state index in [9.17, 15) is 17.6 Å². The molecule has 0 saturated heterocycles. The third-order valence-corrected chi connectivity index (χ3v) is 2.23. The predicted molar refractivity (Wildman–Crippen MR) is 53.8 cm³/mol. The van der Waals surface area contributed by atoms with Crippen LogP contribution in [0.2, 0.25) is 5.02 Å². The predicted octanol–water partition coefficient (Wildman–Crippen LogP) is 3.30. The van der Waals surface area contributed by atoms with Crippen molar-refractivity contribution in [3.8, 4) is 0 Å². The fourth-order valence-corrected chi connectivity index (χ4v) is 1.50. The monoisotopic (exact) mass is 255 g/mol. The lowest BCUT2D eigenvalue weighted by atomic mass is 10.0. The molecule has 2 N–H and O–H groups in total. The molecule has 0 bridgehead atoms. The van der Waals surface area contributed by atoms with E-state index in [2.05, 4.69) is 0 Å². The van der Waals surface area contributed by atoms with Crippen LogP contribution < -0.4 is 5.73 Å². The summed E-state index contributed by atoms with van der Waals surface area (Å²) in [6.45, 7) is 0. The lowest BCUT2D eigenvalue weighted by Gasteiger charge is -2.14. The molecule has 1 atom stereocenters. The summed E-state index contributed by atoms with van der Waals surface area (Å²) in [5, 5.41) is 0.200. The summed E-state index contributed by atoms with van der Waals surface area (Å²) in [5.41, 5.74) is 5.42. The van der Waals surface area contributed by atoms with Crippen LogP contribution in [0.25, 0.3) is 0 Å². The van der Waals surface area contributed by atoms with Crippen molar-refractivity contribution < 1.29 is 17.6 Å². The first-order chi connectivity index (χ1) is 7.28. The third kappa shape index (κ3) is 4.37. The molecular weight excluding hydrogens is 246 g/mol. The molecule has 90 valence electrons. The Balaban J connectivity index is 2.66. The van der Waals surface area contributed by atoms with Gasteiger partial charge < -0.3 is 5.73 Å². The molecule has 6 heteroatoms. The largest absolute Gasteiger partial charge is 0.390 e. The highest BCUT2D eigenvalue weighted by atomic mass is 35.5. The fraction of sp³-hybridized carbons (Fsp3) is 0.400. The molecule has 1 unspecified atom stereocenters. The summed E-state index contributed by atoms with van der Waals surface area (Å²) in [4.78, 5) is 0. The van der Waals surface area contributed by atoms with Crippen molar-refractivity contribution in [1.29, 1.82) is 0 Å². The molecule has 1 nitrogen and oxygen atoms in total. The Bertz CT molecular complexity index is 364. The molecule has 0 heterocycles. The maximum absolute atomic E-state index is 13.2. The molecule has 0 aliphatic carbocycles. The van der Waals surface area contributed by atoms with Gasteiger partial charge in [0.2, 0.25) is 0 Å². The second kappa shape index (κ2) is 5.01. The van der Waals surface area contributed by atoms with Gasteiger partial charge in [-0.3, -0.25) is 0 Å². The zero-order valence-electron chi connectivity index (χ0n) is 8.19. The van der Waals surface area contributed by atoms with Crippen LogP contribution in [-0.4, -0.2) is 12.2 Å². The average Bonchev–Trinajstić information content (AvgIpc) is 2.06. The summed E-state index contributed by atoms with van der Waals surface area (Å²) in [7, 11) is 0. The van der Waals surface area contributed by atoms with Crippen LogP contribution in [-0.2, 0) is 6.42 Å². The van der Waals surface area contributed by atoms with Gasteiger partial charge >= 0.3 is 6.18 Å². The number of hydrogen-bond acceptors (Lipinski definition) is 1. The van der Waals surface area contributed by atoms with Gasteiger partial charge in [0.15, 0.2) is 0 Å². The van der Waals surface area contributed by atoms with Gasteiger partial charge in [0.25, 0.3) is 0 Å². The van der Waals surface area contributed by atoms with Gasteiger partial charge in [-0.15, -0.1) is 0 Å². The molecular formula is C10H10ClF4N. The lowest BCUT2D eigenvalue weighted by Crippen LogP contribution is -2.29. The van der Waals surface area contributed by atoms with E-state index < -0.39 is 24.5 Å². The Hall–Kier alpha value is -0.810. The standard InChI is InChI=1S/C10H10ClF4N/c11-7-2-1-6(9(12)4-7)3-8(16)5-10(13,14)15/h1-2,4,8H,3,5,16H2. The molecule has 16 heavy (non-hydrogen) atoms. The van der Waals surface area contributed by atoms with E-state index in [0.717, 1.165) is 6.07 Å². The second-order valence-corrected chi connectivity index (χ2v) is 3.96. The maximum Gasteiger partial charge on any atom is 0.390 e. The Morgan fingerprint density at radius 3 is 2.44 bits per heavy atom. The maximum atomic E-state index is 13.2. The van der Waals surface area contributed by atoms with Gasteiger partial charge in [0.05, 0.1) is 6.42 Å². The van der Waals surface area contributed by atoms with Crippen LogP contribution in [0.4, 0.5) is 17.6 Å². The molecule has 0 saturated carbocycles. The van der Waals surface area contributed by atoms with Crippen molar-refractivity contribution in [2.24, 2.45) is 5.73 Å². The molecule has 0 spiro atoms. The smallest absolute Gasteiger partial charge is 0.327 e. The van der Waals surface area contributed by atoms with Gasteiger partial charge in [0.1, 0.15) is 5.82 Å². The number of nitrogens with two attached hydrogens (primary N) is 1. The normalized spacial score (nSPS) is 13.9. The average molecular weight is 256 g/mol. The quantitative estimate of drug-likeness (QED) is 0.824. The van der Waals surface area contributed by atoms with Crippen LogP contribution >= 0.6 is 11.6 Å². The zero-order valence-corrected chi connectivity index (χ0v) is 8.95. The number of halogens is 5. The molecule has 1 rings (SSSR count). The van der Waals surface area contributed by atoms with Crippen molar-refractivity contribution >= 4 is 11.6 Å². The molecule has 1 aromatic carbocycles. The molecule has 0 radical (unpaired) electrons. The first-order valence-corrected chi connectivity index (χ1v) is 4.92. The number of rotatable bonds is 3. The van der Waals surface area contributed by atoms with Crippen molar-refractivity contribution in [3.63, 3.8) is 0 Å². The van der Waals surface area contributed by atoms with Crippen molar-refractivity contribution in [3.05, 3.63) is 34.6 Å². The van der Waals surface area contributed by atoms with E-state index in [-0.39, 0.29) is 17.0 Å². The minimum Gasteiger partial charge on any atom is -0.327 e. The van der Waals surface area contributed by atoms with Gasteiger partial charge in [-0.05, 0) is 24.1 Å². The highest BCUT2D eigenvalue weighted by molar-refractivity contribution is 6.30. The van der Waals surface area contributed by atoms with Crippen molar-refractivity contribution in [2.45, 2.75) is 25.1 Å². The van der Waals surface area contributed by atoms with Crippen LogP contribution in [0.3, 0.4) is 0 Å². The molecule has 1 aromatic rings. The Kier molecular flexibility index (Phi) is 4.15. The molecule has 0 amide bonds. The minimum atomic E-state index is -4.33. The Morgan fingerprint density at radius 2 is 1.94 bits per heavy atom. The first-order valence-electron chi connectivity index (χ1n) is 4.54. The highest BCUT2D eigenvalue weighted by Gasteiger charge is 2.30. The van der Waals surface area contributed by atoms with Gasteiger partial charge in [0, 0.05) is 11.1 Å². The third-order valence-electron chi connectivity index (χ3n) is 1.99. The Morgan fingerprint density at radius 1 is 1.31 bits per heavy atom. The van der Waals surface area contributed by atoms with E-state index in [1.54, 1.807) is 0 Å². The summed E-state index contributed by atoms with van der Waals surface area (Å²) in [6, 6.07) is 2.67. The van der Waals surface area contributed by atoms with Gasteiger partial charge in [-0.25, -0.2) is 4.39 Å².